The maximum Gasteiger partial charge on any atom is 0.387 e. The lowest BCUT2D eigenvalue weighted by Gasteiger charge is -2.20. The first-order chi connectivity index (χ1) is 9.54. The average Bonchev–Trinajstić information content (AvgIpc) is 2.73. The maximum absolute atomic E-state index is 12.5. The minimum atomic E-state index is -2.86. The molecule has 108 valence electrons. The van der Waals surface area contributed by atoms with Gasteiger partial charge in [-0.25, -0.2) is 0 Å². The zero-order valence-electron chi connectivity index (χ0n) is 11.0. The van der Waals surface area contributed by atoms with Gasteiger partial charge in [0, 0.05) is 12.6 Å². The number of rotatable bonds is 5. The molecule has 0 saturated carbocycles. The molecule has 2 aromatic rings. The van der Waals surface area contributed by atoms with Crippen LogP contribution in [0.3, 0.4) is 0 Å². The summed E-state index contributed by atoms with van der Waals surface area (Å²) in [6.45, 7) is -2.86. The Labute approximate surface area is 123 Å². The van der Waals surface area contributed by atoms with E-state index < -0.39 is 6.61 Å². The highest BCUT2D eigenvalue weighted by Crippen LogP contribution is 2.33. The molecule has 0 saturated heterocycles. The van der Waals surface area contributed by atoms with Crippen LogP contribution in [0.25, 0.3) is 0 Å². The van der Waals surface area contributed by atoms with Gasteiger partial charge in [-0.1, -0.05) is 18.2 Å². The lowest BCUT2D eigenvalue weighted by Crippen LogP contribution is -2.22. The van der Waals surface area contributed by atoms with Crippen molar-refractivity contribution in [3.8, 4) is 5.75 Å². The normalized spacial score (nSPS) is 12.7. The van der Waals surface area contributed by atoms with E-state index in [9.17, 15) is 8.78 Å². The maximum atomic E-state index is 12.5. The lowest BCUT2D eigenvalue weighted by molar-refractivity contribution is -0.0506. The Morgan fingerprint density at radius 1 is 1.35 bits per heavy atom. The molecular weight excluding hydrogens is 332 g/mol. The average molecular weight is 346 g/mol. The summed E-state index contributed by atoms with van der Waals surface area (Å²) in [5.41, 5.74) is 1.46. The molecule has 20 heavy (non-hydrogen) atoms. The van der Waals surface area contributed by atoms with Crippen LogP contribution in [-0.2, 0) is 7.05 Å². The monoisotopic (exact) mass is 345 g/mol. The van der Waals surface area contributed by atoms with Gasteiger partial charge in [0.15, 0.2) is 0 Å². The van der Waals surface area contributed by atoms with Gasteiger partial charge in [0.1, 0.15) is 5.75 Å². The van der Waals surface area contributed by atoms with Crippen molar-refractivity contribution in [3.63, 3.8) is 0 Å². The molecular formula is C13H14BrF2N3O. The third-order valence-corrected chi connectivity index (χ3v) is 3.56. The van der Waals surface area contributed by atoms with Gasteiger partial charge in [0.25, 0.3) is 0 Å². The first kappa shape index (κ1) is 14.9. The number of ether oxygens (including phenoxy) is 1. The smallest absolute Gasteiger partial charge is 0.387 e. The van der Waals surface area contributed by atoms with Crippen LogP contribution >= 0.6 is 15.9 Å². The number of aromatic nitrogens is 2. The van der Waals surface area contributed by atoms with Crippen molar-refractivity contribution < 1.29 is 13.5 Å². The van der Waals surface area contributed by atoms with E-state index in [1.54, 1.807) is 43.2 Å². The number of nitrogens with zero attached hydrogens (tertiary/aromatic N) is 2. The molecule has 1 aromatic heterocycles. The number of hydrogen-bond donors (Lipinski definition) is 1. The summed E-state index contributed by atoms with van der Waals surface area (Å²) in [5, 5.41) is 7.24. The van der Waals surface area contributed by atoms with Crippen LogP contribution in [-0.4, -0.2) is 23.4 Å². The van der Waals surface area contributed by atoms with Crippen molar-refractivity contribution >= 4 is 15.9 Å². The van der Waals surface area contributed by atoms with Crippen molar-refractivity contribution in [1.82, 2.24) is 15.1 Å². The van der Waals surface area contributed by atoms with E-state index in [1.165, 1.54) is 6.07 Å². The van der Waals surface area contributed by atoms with Crippen molar-refractivity contribution in [2.45, 2.75) is 12.7 Å². The van der Waals surface area contributed by atoms with E-state index in [2.05, 4.69) is 31.1 Å². The summed E-state index contributed by atoms with van der Waals surface area (Å²) in [6.07, 6.45) is 1.66. The first-order valence-electron chi connectivity index (χ1n) is 5.93. The van der Waals surface area contributed by atoms with Crippen LogP contribution < -0.4 is 10.1 Å². The third-order valence-electron chi connectivity index (χ3n) is 2.95. The van der Waals surface area contributed by atoms with Gasteiger partial charge >= 0.3 is 6.61 Å². The first-order valence-corrected chi connectivity index (χ1v) is 6.72. The van der Waals surface area contributed by atoms with E-state index in [4.69, 9.17) is 0 Å². The summed E-state index contributed by atoms with van der Waals surface area (Å²) in [6, 6.07) is 6.40. The molecule has 0 aliphatic carbocycles. The van der Waals surface area contributed by atoms with E-state index in [1.807, 2.05) is 0 Å². The zero-order chi connectivity index (χ0) is 14.7. The van der Waals surface area contributed by atoms with Gasteiger partial charge in [-0.05, 0) is 29.0 Å². The highest BCUT2D eigenvalue weighted by Gasteiger charge is 2.23. The fourth-order valence-electron chi connectivity index (χ4n) is 2.11. The highest BCUT2D eigenvalue weighted by atomic mass is 79.9. The summed E-state index contributed by atoms with van der Waals surface area (Å²) >= 11 is 3.42. The standard InChI is InChI=1S/C13H14BrF2N3O/c1-17-11(12-9(14)7-18-19(12)2)8-5-3-4-6-10(8)20-13(15)16/h3-7,11,13,17H,1-2H3. The van der Waals surface area contributed by atoms with Gasteiger partial charge in [-0.15, -0.1) is 0 Å². The Bertz CT molecular complexity index is 569. The summed E-state index contributed by atoms with van der Waals surface area (Å²) < 4.78 is 32.1. The molecule has 0 spiro atoms. The Hall–Kier alpha value is -1.47. The summed E-state index contributed by atoms with van der Waals surface area (Å²) in [4.78, 5) is 0. The van der Waals surface area contributed by atoms with Gasteiger partial charge in [-0.3, -0.25) is 4.68 Å². The van der Waals surface area contributed by atoms with Crippen molar-refractivity contribution in [2.24, 2.45) is 7.05 Å². The molecule has 0 aliphatic heterocycles. The van der Waals surface area contributed by atoms with Gasteiger partial charge < -0.3 is 10.1 Å². The van der Waals surface area contributed by atoms with Crippen LogP contribution in [0.5, 0.6) is 5.75 Å². The Balaban J connectivity index is 2.47. The molecule has 0 bridgehead atoms. The number of benzene rings is 1. The molecule has 1 unspecified atom stereocenters. The van der Waals surface area contributed by atoms with Crippen molar-refractivity contribution in [1.29, 1.82) is 0 Å². The predicted octanol–water partition coefficient (Wildman–Crippen LogP) is 3.09. The third kappa shape index (κ3) is 2.99. The molecule has 1 N–H and O–H groups in total. The van der Waals surface area contributed by atoms with Gasteiger partial charge in [0.05, 0.1) is 22.4 Å². The molecule has 0 radical (unpaired) electrons. The zero-order valence-corrected chi connectivity index (χ0v) is 12.6. The second-order valence-electron chi connectivity index (χ2n) is 4.14. The van der Waals surface area contributed by atoms with E-state index >= 15 is 0 Å². The number of halogens is 3. The fraction of sp³-hybridized carbons (Fsp3) is 0.308. The second-order valence-corrected chi connectivity index (χ2v) is 4.99. The molecule has 7 heteroatoms. The largest absolute Gasteiger partial charge is 0.434 e. The molecule has 0 fully saturated rings. The molecule has 2 rings (SSSR count). The lowest BCUT2D eigenvalue weighted by atomic mass is 10.0. The van der Waals surface area contributed by atoms with Gasteiger partial charge in [0.2, 0.25) is 0 Å². The highest BCUT2D eigenvalue weighted by molar-refractivity contribution is 9.10. The number of para-hydroxylation sites is 1. The molecule has 0 aliphatic rings. The second kappa shape index (κ2) is 6.32. The summed E-state index contributed by atoms with van der Waals surface area (Å²) in [7, 11) is 3.55. The van der Waals surface area contributed by atoms with Crippen LogP contribution in [0.4, 0.5) is 8.78 Å². The van der Waals surface area contributed by atoms with Crippen LogP contribution in [0.2, 0.25) is 0 Å². The van der Waals surface area contributed by atoms with Crippen LogP contribution in [0.1, 0.15) is 17.3 Å². The van der Waals surface area contributed by atoms with Crippen LogP contribution in [0, 0.1) is 0 Å². The van der Waals surface area contributed by atoms with E-state index in [0.717, 1.165) is 10.2 Å². The number of nitrogens with one attached hydrogen (secondary N) is 1. The number of hydrogen-bond acceptors (Lipinski definition) is 3. The molecule has 1 aromatic carbocycles. The minimum absolute atomic E-state index is 0.148. The topological polar surface area (TPSA) is 39.1 Å². The predicted molar refractivity (Wildman–Crippen MR) is 74.9 cm³/mol. The van der Waals surface area contributed by atoms with Crippen molar-refractivity contribution in [3.05, 3.63) is 46.2 Å². The number of alkyl halides is 2. The van der Waals surface area contributed by atoms with E-state index in [0.29, 0.717) is 5.56 Å². The Kier molecular flexibility index (Phi) is 4.72. The molecule has 1 heterocycles. The Morgan fingerprint density at radius 3 is 2.60 bits per heavy atom. The molecule has 1 atom stereocenters. The quantitative estimate of drug-likeness (QED) is 0.904. The van der Waals surface area contributed by atoms with Crippen molar-refractivity contribution in [2.75, 3.05) is 7.05 Å². The summed E-state index contributed by atoms with van der Waals surface area (Å²) in [5.74, 6) is 0.148. The number of aryl methyl sites for hydroxylation is 1. The van der Waals surface area contributed by atoms with Crippen LogP contribution in [0.15, 0.2) is 34.9 Å². The minimum Gasteiger partial charge on any atom is -0.434 e. The molecule has 4 nitrogen and oxygen atoms in total. The SMILES string of the molecule is CNC(c1ccccc1OC(F)F)c1c(Br)cnn1C. The fourth-order valence-corrected chi connectivity index (χ4v) is 2.68. The van der Waals surface area contributed by atoms with Gasteiger partial charge in [-0.2, -0.15) is 13.9 Å². The molecule has 0 amide bonds. The van der Waals surface area contributed by atoms with E-state index in [-0.39, 0.29) is 11.8 Å². The Morgan fingerprint density at radius 2 is 2.05 bits per heavy atom.